The average Bonchev–Trinajstić information content (AvgIpc) is 2.39. The van der Waals surface area contributed by atoms with Crippen molar-refractivity contribution in [3.05, 3.63) is 60.2 Å². The van der Waals surface area contributed by atoms with Gasteiger partial charge in [0.2, 0.25) is 0 Å². The van der Waals surface area contributed by atoms with Crippen LogP contribution < -0.4 is 5.73 Å². The third-order valence-corrected chi connectivity index (χ3v) is 3.72. The Kier molecular flexibility index (Phi) is 2.60. The van der Waals surface area contributed by atoms with E-state index in [0.29, 0.717) is 11.8 Å². The summed E-state index contributed by atoms with van der Waals surface area (Å²) in [5, 5.41) is 0. The molecule has 0 bridgehead atoms. The third kappa shape index (κ3) is 1.93. The summed E-state index contributed by atoms with van der Waals surface area (Å²) in [4.78, 5) is 0. The van der Waals surface area contributed by atoms with E-state index in [1.807, 2.05) is 12.1 Å². The van der Waals surface area contributed by atoms with Crippen LogP contribution in [0.4, 0.5) is 5.69 Å². The van der Waals surface area contributed by atoms with Crippen molar-refractivity contribution in [1.29, 1.82) is 0 Å². The van der Waals surface area contributed by atoms with Crippen LogP contribution >= 0.6 is 0 Å². The lowest BCUT2D eigenvalue weighted by molar-refractivity contribution is 0.505. The fourth-order valence-electron chi connectivity index (χ4n) is 2.82. The van der Waals surface area contributed by atoms with Crippen LogP contribution in [0.5, 0.6) is 0 Å². The lowest BCUT2D eigenvalue weighted by Crippen LogP contribution is -2.17. The maximum atomic E-state index is 5.74. The SMILES string of the molecule is Nc1ccc(C2=CCCC3C=CC=CC23)cc1. The van der Waals surface area contributed by atoms with Gasteiger partial charge in [-0.2, -0.15) is 0 Å². The van der Waals surface area contributed by atoms with Gasteiger partial charge in [0.25, 0.3) is 0 Å². The van der Waals surface area contributed by atoms with E-state index >= 15 is 0 Å². The largest absolute Gasteiger partial charge is 0.399 e. The van der Waals surface area contributed by atoms with Crippen LogP contribution in [0.1, 0.15) is 18.4 Å². The van der Waals surface area contributed by atoms with Gasteiger partial charge in [-0.25, -0.2) is 0 Å². The quantitative estimate of drug-likeness (QED) is 0.720. The molecule has 0 saturated heterocycles. The lowest BCUT2D eigenvalue weighted by atomic mass is 9.74. The zero-order valence-electron chi connectivity index (χ0n) is 9.84. The highest BCUT2D eigenvalue weighted by Crippen LogP contribution is 2.39. The van der Waals surface area contributed by atoms with Gasteiger partial charge in [-0.3, -0.25) is 0 Å². The predicted octanol–water partition coefficient (Wildman–Crippen LogP) is 3.80. The first-order valence-corrected chi connectivity index (χ1v) is 6.25. The maximum absolute atomic E-state index is 5.74. The number of hydrogen-bond acceptors (Lipinski definition) is 1. The van der Waals surface area contributed by atoms with Gasteiger partial charge >= 0.3 is 0 Å². The predicted molar refractivity (Wildman–Crippen MR) is 73.3 cm³/mol. The number of allylic oxidation sites excluding steroid dienone is 6. The van der Waals surface area contributed by atoms with Gasteiger partial charge in [0.1, 0.15) is 0 Å². The molecular weight excluding hydrogens is 206 g/mol. The Labute approximate surface area is 102 Å². The smallest absolute Gasteiger partial charge is 0.0314 e. The van der Waals surface area contributed by atoms with Crippen LogP contribution in [0.3, 0.4) is 0 Å². The first-order chi connectivity index (χ1) is 8.34. The first kappa shape index (κ1) is 10.4. The van der Waals surface area contributed by atoms with Crippen molar-refractivity contribution < 1.29 is 0 Å². The number of rotatable bonds is 1. The van der Waals surface area contributed by atoms with Crippen LogP contribution in [-0.2, 0) is 0 Å². The minimum absolute atomic E-state index is 0.553. The summed E-state index contributed by atoms with van der Waals surface area (Å²) >= 11 is 0. The highest BCUT2D eigenvalue weighted by atomic mass is 14.5. The molecule has 2 aliphatic rings. The van der Waals surface area contributed by atoms with E-state index in [-0.39, 0.29) is 0 Å². The molecule has 2 N–H and O–H groups in total. The normalized spacial score (nSPS) is 26.5. The summed E-state index contributed by atoms with van der Waals surface area (Å²) in [7, 11) is 0. The van der Waals surface area contributed by atoms with Crippen LogP contribution in [-0.4, -0.2) is 0 Å². The Bertz CT molecular complexity index is 491. The van der Waals surface area contributed by atoms with Crippen molar-refractivity contribution in [2.45, 2.75) is 12.8 Å². The standard InChI is InChI=1S/C16H17N/c17-14-10-8-13(9-11-14)16-7-3-5-12-4-1-2-6-15(12)16/h1-2,4,6-12,15H,3,5,17H2. The molecule has 0 aromatic heterocycles. The summed E-state index contributed by atoms with van der Waals surface area (Å²) in [6.07, 6.45) is 13.8. The second-order valence-electron chi connectivity index (χ2n) is 4.82. The van der Waals surface area contributed by atoms with E-state index in [1.54, 1.807) is 0 Å². The second kappa shape index (κ2) is 4.25. The number of nitrogen functional groups attached to an aromatic ring is 1. The molecule has 2 atom stereocenters. The van der Waals surface area contributed by atoms with Gasteiger partial charge in [0.15, 0.2) is 0 Å². The monoisotopic (exact) mass is 223 g/mol. The topological polar surface area (TPSA) is 26.0 Å². The molecule has 1 aromatic rings. The Balaban J connectivity index is 1.96. The molecule has 0 heterocycles. The van der Waals surface area contributed by atoms with E-state index in [4.69, 9.17) is 5.73 Å². The summed E-state index contributed by atoms with van der Waals surface area (Å²) < 4.78 is 0. The van der Waals surface area contributed by atoms with Gasteiger partial charge in [0.05, 0.1) is 0 Å². The van der Waals surface area contributed by atoms with Crippen LogP contribution in [0, 0.1) is 11.8 Å². The fraction of sp³-hybridized carbons (Fsp3) is 0.250. The molecule has 17 heavy (non-hydrogen) atoms. The van der Waals surface area contributed by atoms with Gasteiger partial charge in [-0.15, -0.1) is 0 Å². The van der Waals surface area contributed by atoms with Crippen molar-refractivity contribution in [3.8, 4) is 0 Å². The molecule has 0 radical (unpaired) electrons. The molecule has 1 heteroatoms. The summed E-state index contributed by atoms with van der Waals surface area (Å²) in [5.74, 6) is 1.23. The van der Waals surface area contributed by atoms with E-state index in [2.05, 4.69) is 42.5 Å². The maximum Gasteiger partial charge on any atom is 0.0314 e. The van der Waals surface area contributed by atoms with E-state index < -0.39 is 0 Å². The summed E-state index contributed by atoms with van der Waals surface area (Å²) in [6, 6.07) is 8.25. The molecule has 3 rings (SSSR count). The van der Waals surface area contributed by atoms with Gasteiger partial charge in [-0.05, 0) is 42.0 Å². The van der Waals surface area contributed by atoms with E-state index in [1.165, 1.54) is 24.0 Å². The van der Waals surface area contributed by atoms with Crippen molar-refractivity contribution in [2.75, 3.05) is 5.73 Å². The van der Waals surface area contributed by atoms with Crippen LogP contribution in [0.25, 0.3) is 5.57 Å². The van der Waals surface area contributed by atoms with Gasteiger partial charge < -0.3 is 5.73 Å². The molecular formula is C16H17N. The zero-order chi connectivity index (χ0) is 11.7. The van der Waals surface area contributed by atoms with Crippen molar-refractivity contribution >= 4 is 11.3 Å². The molecule has 0 fully saturated rings. The highest BCUT2D eigenvalue weighted by Gasteiger charge is 2.25. The molecule has 1 nitrogen and oxygen atoms in total. The third-order valence-electron chi connectivity index (χ3n) is 3.72. The Morgan fingerprint density at radius 2 is 1.76 bits per heavy atom. The van der Waals surface area contributed by atoms with Gasteiger partial charge in [-0.1, -0.05) is 42.5 Å². The minimum Gasteiger partial charge on any atom is -0.399 e. The van der Waals surface area contributed by atoms with Crippen molar-refractivity contribution in [1.82, 2.24) is 0 Å². The average molecular weight is 223 g/mol. The molecule has 0 amide bonds. The Hall–Kier alpha value is -1.76. The second-order valence-corrected chi connectivity index (χ2v) is 4.82. The van der Waals surface area contributed by atoms with Crippen molar-refractivity contribution in [2.24, 2.45) is 11.8 Å². The highest BCUT2D eigenvalue weighted by molar-refractivity contribution is 5.71. The van der Waals surface area contributed by atoms with Crippen LogP contribution in [0.15, 0.2) is 54.6 Å². The lowest BCUT2D eigenvalue weighted by Gasteiger charge is -2.30. The Morgan fingerprint density at radius 3 is 2.59 bits per heavy atom. The van der Waals surface area contributed by atoms with Crippen molar-refractivity contribution in [3.63, 3.8) is 0 Å². The van der Waals surface area contributed by atoms with E-state index in [0.717, 1.165) is 5.69 Å². The number of anilines is 1. The Morgan fingerprint density at radius 1 is 1.00 bits per heavy atom. The number of hydrogen-bond donors (Lipinski definition) is 1. The fourth-order valence-corrected chi connectivity index (χ4v) is 2.82. The number of benzene rings is 1. The molecule has 2 aliphatic carbocycles. The summed E-state index contributed by atoms with van der Waals surface area (Å²) in [6.45, 7) is 0. The van der Waals surface area contributed by atoms with Gasteiger partial charge in [0, 0.05) is 11.6 Å². The molecule has 2 unspecified atom stereocenters. The molecule has 1 aromatic carbocycles. The first-order valence-electron chi connectivity index (χ1n) is 6.25. The number of nitrogens with two attached hydrogens (primary N) is 1. The number of fused-ring (bicyclic) bond motifs is 1. The zero-order valence-corrected chi connectivity index (χ0v) is 9.84. The summed E-state index contributed by atoms with van der Waals surface area (Å²) in [5.41, 5.74) is 9.35. The molecule has 0 spiro atoms. The minimum atomic E-state index is 0.553. The van der Waals surface area contributed by atoms with Crippen LogP contribution in [0.2, 0.25) is 0 Å². The molecule has 86 valence electrons. The molecule has 0 saturated carbocycles. The van der Waals surface area contributed by atoms with E-state index in [9.17, 15) is 0 Å². The molecule has 0 aliphatic heterocycles.